The van der Waals surface area contributed by atoms with E-state index >= 15 is 0 Å². The number of benzene rings is 2. The quantitative estimate of drug-likeness (QED) is 0.240. The van der Waals surface area contributed by atoms with Gasteiger partial charge in [-0.05, 0) is 53.9 Å². The van der Waals surface area contributed by atoms with Crippen LogP contribution < -0.4 is 5.32 Å². The Morgan fingerprint density at radius 3 is 2.68 bits per heavy atom. The van der Waals surface area contributed by atoms with Crippen LogP contribution in [0.1, 0.15) is 20.3 Å². The Morgan fingerprint density at radius 1 is 0.919 bits per heavy atom. The summed E-state index contributed by atoms with van der Waals surface area (Å²) in [6.07, 6.45) is 5.76. The highest BCUT2D eigenvalue weighted by Crippen LogP contribution is 2.35. The summed E-state index contributed by atoms with van der Waals surface area (Å²) in [6, 6.07) is 22.4. The van der Waals surface area contributed by atoms with Gasteiger partial charge in [0.15, 0.2) is 0 Å². The third-order valence-corrected chi connectivity index (χ3v) is 6.37. The monoisotopic (exact) mass is 486 g/mol. The minimum absolute atomic E-state index is 0.00888. The van der Waals surface area contributed by atoms with Crippen molar-refractivity contribution in [1.82, 2.24) is 25.1 Å². The molecule has 3 N–H and O–H groups in total. The van der Waals surface area contributed by atoms with Gasteiger partial charge in [-0.25, -0.2) is 0 Å². The van der Waals surface area contributed by atoms with Gasteiger partial charge in [-0.3, -0.25) is 19.9 Å². The number of fused-ring (bicyclic) bond motifs is 2. The van der Waals surface area contributed by atoms with Crippen molar-refractivity contribution < 1.29 is 4.79 Å². The molecule has 182 valence electrons. The van der Waals surface area contributed by atoms with Gasteiger partial charge >= 0.3 is 0 Å². The van der Waals surface area contributed by atoms with Crippen molar-refractivity contribution in [2.75, 3.05) is 5.32 Å². The van der Waals surface area contributed by atoms with E-state index in [0.29, 0.717) is 18.0 Å². The third-order valence-electron chi connectivity index (χ3n) is 6.37. The number of aromatic nitrogens is 5. The molecule has 7 nitrogen and oxygen atoms in total. The highest BCUT2D eigenvalue weighted by Gasteiger charge is 2.15. The average molecular weight is 487 g/mol. The number of carbonyl (C=O) groups is 1. The number of nitrogens with one attached hydrogen (secondary N) is 3. The fourth-order valence-corrected chi connectivity index (χ4v) is 4.68. The van der Waals surface area contributed by atoms with Crippen molar-refractivity contribution in [2.45, 2.75) is 20.3 Å². The first kappa shape index (κ1) is 22.7. The van der Waals surface area contributed by atoms with Crippen LogP contribution in [0.5, 0.6) is 0 Å². The van der Waals surface area contributed by atoms with Gasteiger partial charge in [0.1, 0.15) is 5.69 Å². The number of amides is 1. The SMILES string of the molecule is CC(C)CC(=O)Nc1cncc(-c2ccc3[nH]nc(-c4cc5c(-c6ccccn6)cccc5[nH]4)c3c2)c1. The summed E-state index contributed by atoms with van der Waals surface area (Å²) in [4.78, 5) is 24.7. The molecule has 0 aliphatic carbocycles. The number of H-pyrrole nitrogens is 2. The summed E-state index contributed by atoms with van der Waals surface area (Å²) in [5.74, 6) is 0.285. The van der Waals surface area contributed by atoms with Gasteiger partial charge in [0.25, 0.3) is 0 Å². The molecule has 1 amide bonds. The molecule has 0 aliphatic heterocycles. The van der Waals surface area contributed by atoms with Crippen LogP contribution in [0.15, 0.2) is 85.3 Å². The molecule has 7 heteroatoms. The van der Waals surface area contributed by atoms with Gasteiger partial charge in [-0.1, -0.05) is 38.1 Å². The van der Waals surface area contributed by atoms with Gasteiger partial charge in [-0.15, -0.1) is 0 Å². The van der Waals surface area contributed by atoms with Crippen LogP contribution >= 0.6 is 0 Å². The smallest absolute Gasteiger partial charge is 0.224 e. The van der Waals surface area contributed by atoms with Crippen LogP contribution in [0.3, 0.4) is 0 Å². The van der Waals surface area contributed by atoms with Crippen LogP contribution in [0.4, 0.5) is 5.69 Å². The van der Waals surface area contributed by atoms with E-state index in [2.05, 4.69) is 54.7 Å². The summed E-state index contributed by atoms with van der Waals surface area (Å²) in [5, 5.41) is 12.8. The van der Waals surface area contributed by atoms with E-state index in [1.807, 2.05) is 62.5 Å². The second-order valence-corrected chi connectivity index (χ2v) is 9.61. The second-order valence-electron chi connectivity index (χ2n) is 9.61. The zero-order valence-electron chi connectivity index (χ0n) is 20.6. The number of rotatable bonds is 6. The predicted octanol–water partition coefficient (Wildman–Crippen LogP) is 6.82. The summed E-state index contributed by atoms with van der Waals surface area (Å²) in [6.45, 7) is 4.05. The molecule has 6 rings (SSSR count). The first-order valence-electron chi connectivity index (χ1n) is 12.3. The first-order chi connectivity index (χ1) is 18.0. The average Bonchev–Trinajstić information content (AvgIpc) is 3.52. The van der Waals surface area contributed by atoms with Gasteiger partial charge in [0.2, 0.25) is 5.91 Å². The fourth-order valence-electron chi connectivity index (χ4n) is 4.68. The maximum absolute atomic E-state index is 12.2. The van der Waals surface area contributed by atoms with Crippen molar-refractivity contribution in [3.63, 3.8) is 0 Å². The predicted molar refractivity (Wildman–Crippen MR) is 148 cm³/mol. The molecule has 0 saturated heterocycles. The zero-order chi connectivity index (χ0) is 25.4. The highest BCUT2D eigenvalue weighted by molar-refractivity contribution is 6.01. The van der Waals surface area contributed by atoms with Gasteiger partial charge in [0, 0.05) is 46.2 Å². The molecular formula is C30H26N6O. The summed E-state index contributed by atoms with van der Waals surface area (Å²) >= 11 is 0. The maximum Gasteiger partial charge on any atom is 0.224 e. The van der Waals surface area contributed by atoms with Crippen LogP contribution in [-0.2, 0) is 4.79 Å². The van der Waals surface area contributed by atoms with Crippen molar-refractivity contribution in [3.8, 4) is 33.8 Å². The van der Waals surface area contributed by atoms with Gasteiger partial charge in [0.05, 0.1) is 28.8 Å². The minimum atomic E-state index is -0.00888. The molecule has 4 aromatic heterocycles. The lowest BCUT2D eigenvalue weighted by Gasteiger charge is -2.09. The first-order valence-corrected chi connectivity index (χ1v) is 12.3. The molecule has 0 radical (unpaired) electrons. The van der Waals surface area contributed by atoms with E-state index in [-0.39, 0.29) is 5.91 Å². The normalized spacial score (nSPS) is 11.4. The number of carbonyl (C=O) groups excluding carboxylic acids is 1. The Morgan fingerprint density at radius 2 is 1.84 bits per heavy atom. The van der Waals surface area contributed by atoms with Gasteiger partial charge < -0.3 is 10.3 Å². The molecule has 0 bridgehead atoms. The number of aromatic amines is 2. The highest BCUT2D eigenvalue weighted by atomic mass is 16.1. The van der Waals surface area contributed by atoms with E-state index in [4.69, 9.17) is 0 Å². The van der Waals surface area contributed by atoms with E-state index in [1.54, 1.807) is 12.4 Å². The van der Waals surface area contributed by atoms with E-state index in [1.165, 1.54) is 0 Å². The topological polar surface area (TPSA) is 99.3 Å². The molecule has 37 heavy (non-hydrogen) atoms. The molecule has 6 aromatic rings. The Bertz CT molecular complexity index is 1730. The van der Waals surface area contributed by atoms with E-state index < -0.39 is 0 Å². The Labute approximate surface area is 214 Å². The lowest BCUT2D eigenvalue weighted by Crippen LogP contribution is -2.13. The summed E-state index contributed by atoms with van der Waals surface area (Å²) in [7, 11) is 0. The molecule has 0 aliphatic rings. The number of anilines is 1. The minimum Gasteiger partial charge on any atom is -0.353 e. The van der Waals surface area contributed by atoms with E-state index in [9.17, 15) is 4.79 Å². The third kappa shape index (κ3) is 4.47. The van der Waals surface area contributed by atoms with Crippen LogP contribution in [0.2, 0.25) is 0 Å². The van der Waals surface area contributed by atoms with E-state index in [0.717, 1.165) is 55.6 Å². The zero-order valence-corrected chi connectivity index (χ0v) is 20.6. The Balaban J connectivity index is 1.38. The standard InChI is InChI=1S/C30H26N6O/c1-18(2)12-29(37)33-21-13-20(16-31-17-21)19-9-10-27-24(14-19)30(36-35-27)28-15-23-22(6-5-8-26(23)34-28)25-7-3-4-11-32-25/h3-11,13-18,34H,12H2,1-2H3,(H,33,37)(H,35,36). The van der Waals surface area contributed by atoms with Gasteiger partial charge in [-0.2, -0.15) is 5.10 Å². The molecule has 0 saturated carbocycles. The number of hydrogen-bond acceptors (Lipinski definition) is 4. The molecule has 0 unspecified atom stereocenters. The largest absolute Gasteiger partial charge is 0.353 e. The molecule has 2 aromatic carbocycles. The molecule has 4 heterocycles. The second kappa shape index (κ2) is 9.35. The van der Waals surface area contributed by atoms with Crippen molar-refractivity contribution in [3.05, 3.63) is 85.3 Å². The van der Waals surface area contributed by atoms with Crippen molar-refractivity contribution in [1.29, 1.82) is 0 Å². The molecular weight excluding hydrogens is 460 g/mol. The number of pyridine rings is 2. The molecule has 0 fully saturated rings. The Hall–Kier alpha value is -4.78. The molecule has 0 atom stereocenters. The number of hydrogen-bond donors (Lipinski definition) is 3. The lowest BCUT2D eigenvalue weighted by atomic mass is 10.0. The fraction of sp³-hybridized carbons (Fsp3) is 0.133. The van der Waals surface area contributed by atoms with Crippen LogP contribution in [-0.4, -0.2) is 31.1 Å². The van der Waals surface area contributed by atoms with Crippen molar-refractivity contribution in [2.24, 2.45) is 5.92 Å². The summed E-state index contributed by atoms with van der Waals surface area (Å²) in [5.41, 5.74) is 8.34. The molecule has 0 spiro atoms. The lowest BCUT2D eigenvalue weighted by molar-refractivity contribution is -0.116. The van der Waals surface area contributed by atoms with Crippen LogP contribution in [0.25, 0.3) is 55.6 Å². The van der Waals surface area contributed by atoms with Crippen molar-refractivity contribution >= 4 is 33.4 Å². The Kier molecular flexibility index (Phi) is 5.73. The van der Waals surface area contributed by atoms with Crippen LogP contribution in [0, 0.1) is 5.92 Å². The number of nitrogens with zero attached hydrogens (tertiary/aromatic N) is 3. The maximum atomic E-state index is 12.2. The summed E-state index contributed by atoms with van der Waals surface area (Å²) < 4.78 is 0.